The van der Waals surface area contributed by atoms with Crippen LogP contribution in [-0.2, 0) is 15.1 Å². The van der Waals surface area contributed by atoms with Crippen molar-refractivity contribution in [1.82, 2.24) is 5.32 Å². The molecule has 0 radical (unpaired) electrons. The zero-order valence-electron chi connectivity index (χ0n) is 18.2. The number of benzene rings is 3. The van der Waals surface area contributed by atoms with E-state index in [0.29, 0.717) is 57.5 Å². The molecule has 0 aliphatic carbocycles. The lowest BCUT2D eigenvalue weighted by atomic mass is 9.77. The summed E-state index contributed by atoms with van der Waals surface area (Å²) >= 11 is 5.27. The maximum Gasteiger partial charge on any atom is 0.340 e. The molecule has 1 spiro atoms. The Labute approximate surface area is 204 Å². The number of phenolic OH excluding ortho intramolecular Hbond substituents is 2. The first kappa shape index (κ1) is 22.5. The van der Waals surface area contributed by atoms with Crippen LogP contribution < -0.4 is 15.4 Å². The Morgan fingerprint density at radius 2 is 1.57 bits per heavy atom. The summed E-state index contributed by atoms with van der Waals surface area (Å²) in [5.74, 6) is -0.857. The summed E-state index contributed by atoms with van der Waals surface area (Å²) in [6.45, 7) is 0.390. The molecule has 0 bridgehead atoms. The van der Waals surface area contributed by atoms with Crippen LogP contribution in [0.3, 0.4) is 0 Å². The van der Waals surface area contributed by atoms with Gasteiger partial charge < -0.3 is 35.4 Å². The number of thiocarbonyl (C=S) groups is 1. The molecule has 35 heavy (non-hydrogen) atoms. The molecule has 0 unspecified atom stereocenters. The highest BCUT2D eigenvalue weighted by Gasteiger charge is 2.53. The average Bonchev–Trinajstić information content (AvgIpc) is 3.08. The van der Waals surface area contributed by atoms with E-state index in [1.807, 2.05) is 0 Å². The second-order valence-corrected chi connectivity index (χ2v) is 8.58. The molecule has 0 saturated heterocycles. The van der Waals surface area contributed by atoms with E-state index >= 15 is 0 Å². The van der Waals surface area contributed by atoms with Gasteiger partial charge in [-0.1, -0.05) is 6.07 Å². The molecule has 0 saturated carbocycles. The molecular formula is C25H20N2O7S. The fourth-order valence-electron chi connectivity index (χ4n) is 4.40. The van der Waals surface area contributed by atoms with Gasteiger partial charge in [0.05, 0.1) is 5.56 Å². The SMILES string of the molecule is O=C(O)CCCNC(=S)Nc1ccc2c(c1)C(=O)OC21c2ccc(O)cc2Oc2cc(O)ccc21. The molecule has 2 aliphatic rings. The fraction of sp³-hybridized carbons (Fsp3) is 0.160. The minimum atomic E-state index is -1.33. The number of nitrogens with one attached hydrogen (secondary N) is 2. The summed E-state index contributed by atoms with van der Waals surface area (Å²) in [6.07, 6.45) is 0.451. The van der Waals surface area contributed by atoms with Crippen molar-refractivity contribution < 1.29 is 34.4 Å². The molecule has 5 N–H and O–H groups in total. The van der Waals surface area contributed by atoms with E-state index in [4.69, 9.17) is 26.8 Å². The third-order valence-electron chi connectivity index (χ3n) is 5.88. The standard InChI is InChI=1S/C25H20N2O7S/c28-14-4-7-18-20(11-14)33-21-12-15(29)5-8-19(21)25(18)17-6-3-13(10-16(17)23(32)34-25)27-24(35)26-9-1-2-22(30)31/h3-8,10-12,28-29H,1-2,9H2,(H,30,31)(H2,26,27,35). The van der Waals surface area contributed by atoms with Crippen molar-refractivity contribution >= 4 is 35.0 Å². The summed E-state index contributed by atoms with van der Waals surface area (Å²) < 4.78 is 12.0. The highest BCUT2D eigenvalue weighted by atomic mass is 32.1. The zero-order valence-corrected chi connectivity index (χ0v) is 19.0. The van der Waals surface area contributed by atoms with Crippen molar-refractivity contribution in [3.63, 3.8) is 0 Å². The van der Waals surface area contributed by atoms with Crippen molar-refractivity contribution in [2.45, 2.75) is 18.4 Å². The van der Waals surface area contributed by atoms with E-state index in [9.17, 15) is 19.8 Å². The zero-order chi connectivity index (χ0) is 24.7. The van der Waals surface area contributed by atoms with Crippen LogP contribution in [0.2, 0.25) is 0 Å². The number of hydrogen-bond donors (Lipinski definition) is 5. The quantitative estimate of drug-likeness (QED) is 0.203. The van der Waals surface area contributed by atoms with Gasteiger partial charge in [-0.15, -0.1) is 0 Å². The third-order valence-corrected chi connectivity index (χ3v) is 6.13. The van der Waals surface area contributed by atoms with Crippen molar-refractivity contribution in [1.29, 1.82) is 0 Å². The van der Waals surface area contributed by atoms with Crippen molar-refractivity contribution in [2.75, 3.05) is 11.9 Å². The van der Waals surface area contributed by atoms with Crippen LogP contribution in [0.4, 0.5) is 5.69 Å². The second-order valence-electron chi connectivity index (χ2n) is 8.17. The first-order valence-electron chi connectivity index (χ1n) is 10.8. The Hall–Kier alpha value is -4.31. The molecule has 0 fully saturated rings. The molecule has 0 amide bonds. The molecular weight excluding hydrogens is 472 g/mol. The largest absolute Gasteiger partial charge is 0.508 e. The summed E-state index contributed by atoms with van der Waals surface area (Å²) in [6, 6.07) is 14.3. The molecule has 0 aromatic heterocycles. The van der Waals surface area contributed by atoms with Crippen molar-refractivity contribution in [3.8, 4) is 23.0 Å². The van der Waals surface area contributed by atoms with Crippen LogP contribution in [0.5, 0.6) is 23.0 Å². The Morgan fingerprint density at radius 1 is 0.943 bits per heavy atom. The van der Waals surface area contributed by atoms with Gasteiger partial charge in [0, 0.05) is 47.5 Å². The maximum atomic E-state index is 13.1. The average molecular weight is 493 g/mol. The van der Waals surface area contributed by atoms with Gasteiger partial charge in [-0.05, 0) is 55.0 Å². The summed E-state index contributed by atoms with van der Waals surface area (Å²) in [5, 5.41) is 35.0. The lowest BCUT2D eigenvalue weighted by Crippen LogP contribution is -2.33. The number of aliphatic carboxylic acids is 1. The Kier molecular flexibility index (Phi) is 5.45. The molecule has 3 aromatic rings. The van der Waals surface area contributed by atoms with Crippen LogP contribution in [0.25, 0.3) is 0 Å². The number of carboxylic acids is 1. The highest BCUT2D eigenvalue weighted by Crippen LogP contribution is 2.57. The summed E-state index contributed by atoms with van der Waals surface area (Å²) in [5.41, 5.74) is 1.20. The van der Waals surface area contributed by atoms with Crippen LogP contribution in [0, 0.1) is 0 Å². The van der Waals surface area contributed by atoms with Gasteiger partial charge in [-0.25, -0.2) is 4.79 Å². The van der Waals surface area contributed by atoms with Gasteiger partial charge in [0.1, 0.15) is 23.0 Å². The number of rotatable bonds is 5. The first-order valence-corrected chi connectivity index (χ1v) is 11.2. The van der Waals surface area contributed by atoms with Crippen LogP contribution >= 0.6 is 12.2 Å². The number of phenols is 2. The number of carboxylic acid groups (broad SMARTS) is 1. The topological polar surface area (TPSA) is 137 Å². The molecule has 10 heteroatoms. The summed E-state index contributed by atoms with van der Waals surface area (Å²) in [7, 11) is 0. The van der Waals surface area contributed by atoms with Gasteiger partial charge >= 0.3 is 11.9 Å². The third kappa shape index (κ3) is 3.87. The molecule has 5 rings (SSSR count). The molecule has 3 aromatic carbocycles. The normalized spacial score (nSPS) is 14.2. The lowest BCUT2D eigenvalue weighted by Gasteiger charge is -2.36. The number of carbonyl (C=O) groups is 2. The first-order chi connectivity index (χ1) is 16.8. The van der Waals surface area contributed by atoms with Gasteiger partial charge in [0.25, 0.3) is 0 Å². The molecule has 2 aliphatic heterocycles. The highest BCUT2D eigenvalue weighted by molar-refractivity contribution is 7.80. The van der Waals surface area contributed by atoms with E-state index in [-0.39, 0.29) is 17.9 Å². The van der Waals surface area contributed by atoms with Crippen molar-refractivity contribution in [3.05, 3.63) is 76.9 Å². The van der Waals surface area contributed by atoms with Gasteiger partial charge in [-0.2, -0.15) is 0 Å². The second kappa shape index (κ2) is 8.48. The maximum absolute atomic E-state index is 13.1. The minimum Gasteiger partial charge on any atom is -0.508 e. The van der Waals surface area contributed by atoms with E-state index in [1.165, 1.54) is 24.3 Å². The Bertz CT molecular complexity index is 1340. The Balaban J connectivity index is 1.51. The minimum absolute atomic E-state index is 0.0176. The number of esters is 1. The van der Waals surface area contributed by atoms with Gasteiger partial charge in [-0.3, -0.25) is 4.79 Å². The fourth-order valence-corrected chi connectivity index (χ4v) is 4.62. The summed E-state index contributed by atoms with van der Waals surface area (Å²) in [4.78, 5) is 23.7. The van der Waals surface area contributed by atoms with Gasteiger partial charge in [0.2, 0.25) is 0 Å². The van der Waals surface area contributed by atoms with Crippen molar-refractivity contribution in [2.24, 2.45) is 0 Å². The van der Waals surface area contributed by atoms with Crippen LogP contribution in [0.15, 0.2) is 54.6 Å². The molecule has 9 nitrogen and oxygen atoms in total. The van der Waals surface area contributed by atoms with Crippen LogP contribution in [-0.4, -0.2) is 38.9 Å². The number of fused-ring (bicyclic) bond motifs is 6. The predicted molar refractivity (Wildman–Crippen MR) is 129 cm³/mol. The lowest BCUT2D eigenvalue weighted by molar-refractivity contribution is -0.137. The smallest absolute Gasteiger partial charge is 0.340 e. The van der Waals surface area contributed by atoms with E-state index in [2.05, 4.69) is 10.6 Å². The number of anilines is 1. The number of hydrogen-bond acceptors (Lipinski definition) is 7. The monoisotopic (exact) mass is 492 g/mol. The molecule has 0 atom stereocenters. The van der Waals surface area contributed by atoms with E-state index in [1.54, 1.807) is 30.3 Å². The van der Waals surface area contributed by atoms with E-state index in [0.717, 1.165) is 0 Å². The molecule has 2 heterocycles. The predicted octanol–water partition coefficient (Wildman–Crippen LogP) is 3.82. The number of aromatic hydroxyl groups is 2. The Morgan fingerprint density at radius 3 is 2.20 bits per heavy atom. The molecule has 178 valence electrons. The number of carbonyl (C=O) groups excluding carboxylic acids is 1. The van der Waals surface area contributed by atoms with Gasteiger partial charge in [0.15, 0.2) is 10.7 Å². The van der Waals surface area contributed by atoms with Crippen LogP contribution in [0.1, 0.15) is 39.9 Å². The van der Waals surface area contributed by atoms with E-state index < -0.39 is 17.5 Å². The number of ether oxygens (including phenoxy) is 2.